The number of nitro groups is 1. The molecular weight excluding hydrogens is 478 g/mol. The molecule has 0 bridgehead atoms. The molecule has 176 valence electrons. The quantitative estimate of drug-likeness (QED) is 0.349. The van der Waals surface area contributed by atoms with E-state index in [9.17, 15) is 28.1 Å². The number of amides is 1. The predicted octanol–water partition coefficient (Wildman–Crippen LogP) is 2.45. The van der Waals surface area contributed by atoms with E-state index in [0.717, 1.165) is 12.1 Å². The number of benzene rings is 2. The van der Waals surface area contributed by atoms with Crippen LogP contribution in [-0.4, -0.2) is 61.9 Å². The largest absolute Gasteiger partial charge is 0.449 e. The van der Waals surface area contributed by atoms with E-state index in [4.69, 9.17) is 21.1 Å². The molecule has 0 spiro atoms. The number of nitrogens with zero attached hydrogens (tertiary/aromatic N) is 2. The van der Waals surface area contributed by atoms with Crippen molar-refractivity contribution in [2.75, 3.05) is 31.6 Å². The summed E-state index contributed by atoms with van der Waals surface area (Å²) in [6, 6.07) is 8.89. The Bertz CT molecular complexity index is 1180. The van der Waals surface area contributed by atoms with Crippen LogP contribution in [0.1, 0.15) is 17.3 Å². The molecule has 13 heteroatoms. The Kier molecular flexibility index (Phi) is 7.64. The molecule has 11 nitrogen and oxygen atoms in total. The average Bonchev–Trinajstić information content (AvgIpc) is 2.79. The summed E-state index contributed by atoms with van der Waals surface area (Å²) in [6.07, 6.45) is -1.30. The van der Waals surface area contributed by atoms with Gasteiger partial charge in [0.25, 0.3) is 11.6 Å². The third-order valence-corrected chi connectivity index (χ3v) is 6.97. The molecule has 1 aliphatic rings. The number of nitro benzene ring substituents is 1. The minimum Gasteiger partial charge on any atom is -0.449 e. The van der Waals surface area contributed by atoms with Crippen molar-refractivity contribution in [2.24, 2.45) is 0 Å². The van der Waals surface area contributed by atoms with E-state index >= 15 is 0 Å². The summed E-state index contributed by atoms with van der Waals surface area (Å²) in [5, 5.41) is 13.2. The lowest BCUT2D eigenvalue weighted by Crippen LogP contribution is -2.40. The van der Waals surface area contributed by atoms with Crippen LogP contribution in [0.2, 0.25) is 5.02 Å². The van der Waals surface area contributed by atoms with Crippen LogP contribution in [0.3, 0.4) is 0 Å². The molecule has 1 heterocycles. The third kappa shape index (κ3) is 5.85. The molecule has 1 fully saturated rings. The van der Waals surface area contributed by atoms with Crippen LogP contribution in [-0.2, 0) is 24.3 Å². The van der Waals surface area contributed by atoms with E-state index in [1.807, 2.05) is 0 Å². The van der Waals surface area contributed by atoms with E-state index in [-0.39, 0.29) is 53.2 Å². The van der Waals surface area contributed by atoms with Gasteiger partial charge in [-0.3, -0.25) is 14.9 Å². The minimum absolute atomic E-state index is 0.0489. The van der Waals surface area contributed by atoms with Crippen LogP contribution in [0.15, 0.2) is 47.4 Å². The van der Waals surface area contributed by atoms with Gasteiger partial charge in [-0.25, -0.2) is 13.2 Å². The van der Waals surface area contributed by atoms with Crippen molar-refractivity contribution in [1.29, 1.82) is 0 Å². The Morgan fingerprint density at radius 2 is 1.91 bits per heavy atom. The Balaban J connectivity index is 1.73. The van der Waals surface area contributed by atoms with E-state index in [0.29, 0.717) is 0 Å². The number of esters is 1. The van der Waals surface area contributed by atoms with Crippen molar-refractivity contribution in [3.05, 3.63) is 63.2 Å². The van der Waals surface area contributed by atoms with E-state index in [2.05, 4.69) is 5.32 Å². The van der Waals surface area contributed by atoms with Crippen LogP contribution < -0.4 is 5.32 Å². The molecule has 33 heavy (non-hydrogen) atoms. The fourth-order valence-corrected chi connectivity index (χ4v) is 4.61. The summed E-state index contributed by atoms with van der Waals surface area (Å²) in [5.74, 6) is -1.74. The molecule has 1 amide bonds. The van der Waals surface area contributed by atoms with Crippen LogP contribution in [0.25, 0.3) is 0 Å². The summed E-state index contributed by atoms with van der Waals surface area (Å²) in [7, 11) is -3.88. The Labute approximate surface area is 194 Å². The highest BCUT2D eigenvalue weighted by Gasteiger charge is 2.28. The number of hydrogen-bond donors (Lipinski definition) is 1. The molecule has 1 unspecified atom stereocenters. The zero-order valence-corrected chi connectivity index (χ0v) is 19.0. The Morgan fingerprint density at radius 1 is 1.21 bits per heavy atom. The molecule has 2 aromatic rings. The zero-order valence-electron chi connectivity index (χ0n) is 17.4. The number of hydrogen-bond acceptors (Lipinski definition) is 8. The lowest BCUT2D eigenvalue weighted by Gasteiger charge is -2.26. The summed E-state index contributed by atoms with van der Waals surface area (Å²) >= 11 is 6.07. The highest BCUT2D eigenvalue weighted by atomic mass is 35.5. The van der Waals surface area contributed by atoms with Crippen molar-refractivity contribution in [1.82, 2.24) is 4.31 Å². The Morgan fingerprint density at radius 3 is 2.58 bits per heavy atom. The van der Waals surface area contributed by atoms with Crippen molar-refractivity contribution in [3.63, 3.8) is 0 Å². The number of ether oxygens (including phenoxy) is 2. The summed E-state index contributed by atoms with van der Waals surface area (Å²) in [6.45, 7) is 2.18. The number of non-ortho nitro benzene ring substituents is 1. The lowest BCUT2D eigenvalue weighted by atomic mass is 10.2. The molecular formula is C20H20ClN3O8S. The summed E-state index contributed by atoms with van der Waals surface area (Å²) in [4.78, 5) is 35.1. The second-order valence-corrected chi connectivity index (χ2v) is 9.35. The van der Waals surface area contributed by atoms with Gasteiger partial charge >= 0.3 is 5.97 Å². The number of sulfonamides is 1. The molecule has 0 saturated carbocycles. The number of carbonyl (C=O) groups is 2. The predicted molar refractivity (Wildman–Crippen MR) is 118 cm³/mol. The summed E-state index contributed by atoms with van der Waals surface area (Å²) in [5.41, 5.74) is -0.294. The van der Waals surface area contributed by atoms with Crippen molar-refractivity contribution in [3.8, 4) is 0 Å². The first-order valence-electron chi connectivity index (χ1n) is 9.73. The average molecular weight is 498 g/mol. The highest BCUT2D eigenvalue weighted by molar-refractivity contribution is 7.89. The smallest absolute Gasteiger partial charge is 0.340 e. The second-order valence-electron chi connectivity index (χ2n) is 7.00. The maximum absolute atomic E-state index is 12.8. The molecule has 1 aliphatic heterocycles. The first-order valence-corrected chi connectivity index (χ1v) is 11.5. The van der Waals surface area contributed by atoms with Gasteiger partial charge in [0.1, 0.15) is 0 Å². The molecule has 3 rings (SSSR count). The SMILES string of the molecule is CC(OC(=O)c1cc(S(=O)(=O)N2CCOCC2)ccc1Cl)C(=O)Nc1cccc([N+](=O)[O-])c1. The molecule has 0 radical (unpaired) electrons. The third-order valence-electron chi connectivity index (χ3n) is 4.74. The first-order chi connectivity index (χ1) is 15.6. The van der Waals surface area contributed by atoms with Gasteiger partial charge in [0, 0.05) is 30.9 Å². The van der Waals surface area contributed by atoms with E-state index in [1.54, 1.807) is 0 Å². The van der Waals surface area contributed by atoms with Gasteiger partial charge in [0.05, 0.1) is 33.6 Å². The molecule has 1 saturated heterocycles. The molecule has 0 aromatic heterocycles. The van der Waals surface area contributed by atoms with Gasteiger partial charge in [0.2, 0.25) is 10.0 Å². The first kappa shape index (κ1) is 24.6. The van der Waals surface area contributed by atoms with Crippen molar-refractivity contribution < 1.29 is 32.4 Å². The van der Waals surface area contributed by atoms with E-state index < -0.39 is 32.9 Å². The number of halogens is 1. The fourth-order valence-electron chi connectivity index (χ4n) is 2.98. The fraction of sp³-hybridized carbons (Fsp3) is 0.300. The monoisotopic (exact) mass is 497 g/mol. The topological polar surface area (TPSA) is 145 Å². The summed E-state index contributed by atoms with van der Waals surface area (Å²) < 4.78 is 37.2. The maximum Gasteiger partial charge on any atom is 0.340 e. The minimum atomic E-state index is -3.88. The normalized spacial score (nSPS) is 15.5. The van der Waals surface area contributed by atoms with Crippen LogP contribution in [0.5, 0.6) is 0 Å². The van der Waals surface area contributed by atoms with Gasteiger partial charge in [-0.05, 0) is 31.2 Å². The number of morpholine rings is 1. The number of anilines is 1. The lowest BCUT2D eigenvalue weighted by molar-refractivity contribution is -0.384. The van der Waals surface area contributed by atoms with Crippen molar-refractivity contribution in [2.45, 2.75) is 17.9 Å². The zero-order chi connectivity index (χ0) is 24.2. The number of rotatable bonds is 7. The molecule has 1 N–H and O–H groups in total. The Hall–Kier alpha value is -3.06. The molecule has 2 aromatic carbocycles. The maximum atomic E-state index is 12.8. The van der Waals surface area contributed by atoms with Gasteiger partial charge in [0.15, 0.2) is 6.10 Å². The second kappa shape index (κ2) is 10.3. The van der Waals surface area contributed by atoms with Gasteiger partial charge in [-0.1, -0.05) is 17.7 Å². The van der Waals surface area contributed by atoms with Gasteiger partial charge in [-0.15, -0.1) is 0 Å². The van der Waals surface area contributed by atoms with Crippen molar-refractivity contribution >= 4 is 44.9 Å². The van der Waals surface area contributed by atoms with Crippen LogP contribution in [0.4, 0.5) is 11.4 Å². The van der Waals surface area contributed by atoms with E-state index in [1.165, 1.54) is 41.6 Å². The van der Waals surface area contributed by atoms with Gasteiger partial charge < -0.3 is 14.8 Å². The van der Waals surface area contributed by atoms with Gasteiger partial charge in [-0.2, -0.15) is 4.31 Å². The number of nitrogens with one attached hydrogen (secondary N) is 1. The van der Waals surface area contributed by atoms with Crippen LogP contribution >= 0.6 is 11.6 Å². The van der Waals surface area contributed by atoms with Crippen LogP contribution in [0, 0.1) is 10.1 Å². The molecule has 0 aliphatic carbocycles. The number of carbonyl (C=O) groups excluding carboxylic acids is 2. The highest BCUT2D eigenvalue weighted by Crippen LogP contribution is 2.25. The standard InChI is InChI=1S/C20H20ClN3O8S/c1-13(19(25)22-14-3-2-4-15(11-14)24(27)28)32-20(26)17-12-16(5-6-18(17)21)33(29,30)23-7-9-31-10-8-23/h2-6,11-13H,7-10H2,1H3,(H,22,25). The molecule has 1 atom stereocenters.